The van der Waals surface area contributed by atoms with Crippen molar-refractivity contribution in [2.45, 2.75) is 6.61 Å². The van der Waals surface area contributed by atoms with Crippen molar-refractivity contribution < 1.29 is 14.2 Å². The summed E-state index contributed by atoms with van der Waals surface area (Å²) in [6.45, 7) is 0.439. The minimum Gasteiger partial charge on any atom is -0.489 e. The van der Waals surface area contributed by atoms with Crippen molar-refractivity contribution in [3.8, 4) is 5.75 Å². The second-order valence-corrected chi connectivity index (χ2v) is 4.07. The molecule has 3 heteroatoms. The molecule has 0 aromatic heterocycles. The molecule has 98 valence electrons. The van der Waals surface area contributed by atoms with Crippen LogP contribution >= 0.6 is 0 Å². The van der Waals surface area contributed by atoms with E-state index < -0.39 is 0 Å². The van der Waals surface area contributed by atoms with Crippen molar-refractivity contribution in [2.75, 3.05) is 6.61 Å². The molecule has 0 saturated carbocycles. The maximum absolute atomic E-state index is 12.7. The predicted molar refractivity (Wildman–Crippen MR) is 73.3 cm³/mol. The summed E-state index contributed by atoms with van der Waals surface area (Å²) in [6.07, 6.45) is 3.51. The van der Waals surface area contributed by atoms with E-state index in [2.05, 4.69) is 0 Å². The van der Waals surface area contributed by atoms with Gasteiger partial charge in [-0.3, -0.25) is 0 Å². The van der Waals surface area contributed by atoms with Crippen LogP contribution in [0.3, 0.4) is 0 Å². The Hall–Kier alpha value is -2.13. The Morgan fingerprint density at radius 3 is 2.32 bits per heavy atom. The van der Waals surface area contributed by atoms with Crippen LogP contribution in [0.2, 0.25) is 0 Å². The standard InChI is InChI=1S/C16H15FO2/c17-15-7-3-14(4-8-15)12-19-16-9-5-13(6-10-16)2-1-11-18/h1-10,18H,11-12H2. The zero-order valence-corrected chi connectivity index (χ0v) is 10.4. The molecule has 19 heavy (non-hydrogen) atoms. The van der Waals surface area contributed by atoms with Gasteiger partial charge in [-0.25, -0.2) is 4.39 Å². The van der Waals surface area contributed by atoms with Crippen LogP contribution in [0.1, 0.15) is 11.1 Å². The highest BCUT2D eigenvalue weighted by atomic mass is 19.1. The molecule has 1 N–H and O–H groups in total. The summed E-state index contributed by atoms with van der Waals surface area (Å²) in [4.78, 5) is 0. The lowest BCUT2D eigenvalue weighted by atomic mass is 10.2. The lowest BCUT2D eigenvalue weighted by molar-refractivity contribution is 0.306. The quantitative estimate of drug-likeness (QED) is 0.890. The largest absolute Gasteiger partial charge is 0.489 e. The smallest absolute Gasteiger partial charge is 0.123 e. The van der Waals surface area contributed by atoms with Crippen LogP contribution in [0.25, 0.3) is 6.08 Å². The molecule has 0 atom stereocenters. The first kappa shape index (κ1) is 13.3. The topological polar surface area (TPSA) is 29.5 Å². The molecule has 2 rings (SSSR count). The minimum atomic E-state index is -0.247. The van der Waals surface area contributed by atoms with Gasteiger partial charge in [-0.05, 0) is 35.4 Å². The Kier molecular flexibility index (Phi) is 4.70. The Balaban J connectivity index is 1.92. The van der Waals surface area contributed by atoms with E-state index in [1.165, 1.54) is 12.1 Å². The van der Waals surface area contributed by atoms with E-state index in [1.807, 2.05) is 30.3 Å². The molecule has 2 aromatic rings. The van der Waals surface area contributed by atoms with Gasteiger partial charge in [0.2, 0.25) is 0 Å². The van der Waals surface area contributed by atoms with Gasteiger partial charge in [0, 0.05) is 0 Å². The van der Waals surface area contributed by atoms with Gasteiger partial charge in [-0.15, -0.1) is 0 Å². The number of aliphatic hydroxyl groups is 1. The van der Waals surface area contributed by atoms with Gasteiger partial charge >= 0.3 is 0 Å². The number of aliphatic hydroxyl groups excluding tert-OH is 1. The Morgan fingerprint density at radius 1 is 1.00 bits per heavy atom. The van der Waals surface area contributed by atoms with Gasteiger partial charge in [-0.2, -0.15) is 0 Å². The first-order chi connectivity index (χ1) is 9.28. The van der Waals surface area contributed by atoms with Gasteiger partial charge in [0.15, 0.2) is 0 Å². The second-order valence-electron chi connectivity index (χ2n) is 4.07. The summed E-state index contributed by atoms with van der Waals surface area (Å²) in [7, 11) is 0. The van der Waals surface area contributed by atoms with Gasteiger partial charge in [-0.1, -0.05) is 36.4 Å². The summed E-state index contributed by atoms with van der Waals surface area (Å²) >= 11 is 0. The van der Waals surface area contributed by atoms with E-state index in [0.29, 0.717) is 6.61 Å². The molecular formula is C16H15FO2. The van der Waals surface area contributed by atoms with E-state index in [4.69, 9.17) is 9.84 Å². The zero-order valence-electron chi connectivity index (χ0n) is 10.4. The molecule has 0 radical (unpaired) electrons. The van der Waals surface area contributed by atoms with Crippen molar-refractivity contribution >= 4 is 6.08 Å². The van der Waals surface area contributed by atoms with Gasteiger partial charge in [0.1, 0.15) is 18.2 Å². The van der Waals surface area contributed by atoms with Gasteiger partial charge < -0.3 is 9.84 Å². The number of hydrogen-bond acceptors (Lipinski definition) is 2. The Labute approximate surface area is 111 Å². The molecule has 0 heterocycles. The molecule has 2 aromatic carbocycles. The maximum atomic E-state index is 12.7. The van der Waals surface area contributed by atoms with E-state index in [9.17, 15) is 4.39 Å². The van der Waals surface area contributed by atoms with Crippen molar-refractivity contribution in [3.05, 3.63) is 71.6 Å². The molecule has 0 aliphatic carbocycles. The summed E-state index contributed by atoms with van der Waals surface area (Å²) in [5.74, 6) is 0.509. The van der Waals surface area contributed by atoms with Crippen molar-refractivity contribution in [2.24, 2.45) is 0 Å². The van der Waals surface area contributed by atoms with Gasteiger partial charge in [0.25, 0.3) is 0 Å². The van der Waals surface area contributed by atoms with Crippen molar-refractivity contribution in [1.82, 2.24) is 0 Å². The number of benzene rings is 2. The lowest BCUT2D eigenvalue weighted by Gasteiger charge is -2.06. The molecule has 0 fully saturated rings. The number of rotatable bonds is 5. The van der Waals surface area contributed by atoms with Crippen LogP contribution in [-0.4, -0.2) is 11.7 Å². The molecular weight excluding hydrogens is 243 g/mol. The van der Waals surface area contributed by atoms with E-state index in [-0.39, 0.29) is 12.4 Å². The Bertz CT molecular complexity index is 530. The molecule has 0 aliphatic rings. The van der Waals surface area contributed by atoms with Crippen molar-refractivity contribution in [3.63, 3.8) is 0 Å². The van der Waals surface area contributed by atoms with Crippen LogP contribution in [-0.2, 0) is 6.61 Å². The minimum absolute atomic E-state index is 0.0306. The summed E-state index contributed by atoms with van der Waals surface area (Å²) in [6, 6.07) is 13.8. The zero-order chi connectivity index (χ0) is 13.5. The molecule has 0 amide bonds. The third kappa shape index (κ3) is 4.23. The third-order valence-electron chi connectivity index (χ3n) is 2.61. The highest BCUT2D eigenvalue weighted by molar-refractivity contribution is 5.50. The highest BCUT2D eigenvalue weighted by Gasteiger charge is 1.97. The van der Waals surface area contributed by atoms with Gasteiger partial charge in [0.05, 0.1) is 6.61 Å². The number of hydrogen-bond donors (Lipinski definition) is 1. The van der Waals surface area contributed by atoms with Crippen LogP contribution in [0.15, 0.2) is 54.6 Å². The van der Waals surface area contributed by atoms with Crippen LogP contribution in [0.4, 0.5) is 4.39 Å². The average molecular weight is 258 g/mol. The second kappa shape index (κ2) is 6.71. The number of ether oxygens (including phenoxy) is 1. The van der Waals surface area contributed by atoms with Crippen LogP contribution < -0.4 is 4.74 Å². The first-order valence-corrected chi connectivity index (χ1v) is 6.02. The fourth-order valence-corrected chi connectivity index (χ4v) is 1.61. The van der Waals surface area contributed by atoms with E-state index in [0.717, 1.165) is 16.9 Å². The number of halogens is 1. The summed E-state index contributed by atoms with van der Waals surface area (Å²) in [5.41, 5.74) is 1.92. The fourth-order valence-electron chi connectivity index (χ4n) is 1.61. The summed E-state index contributed by atoms with van der Waals surface area (Å²) in [5, 5.41) is 8.67. The normalized spacial score (nSPS) is 10.8. The van der Waals surface area contributed by atoms with Crippen LogP contribution in [0.5, 0.6) is 5.75 Å². The molecule has 0 bridgehead atoms. The molecule has 0 spiro atoms. The molecule has 0 saturated heterocycles. The monoisotopic (exact) mass is 258 g/mol. The van der Waals surface area contributed by atoms with E-state index in [1.54, 1.807) is 18.2 Å². The fraction of sp³-hybridized carbons (Fsp3) is 0.125. The maximum Gasteiger partial charge on any atom is 0.123 e. The molecule has 2 nitrogen and oxygen atoms in total. The predicted octanol–water partition coefficient (Wildman–Crippen LogP) is 3.41. The molecule has 0 aliphatic heterocycles. The highest BCUT2D eigenvalue weighted by Crippen LogP contribution is 2.15. The van der Waals surface area contributed by atoms with Crippen LogP contribution in [0, 0.1) is 5.82 Å². The first-order valence-electron chi connectivity index (χ1n) is 6.02. The Morgan fingerprint density at radius 2 is 1.68 bits per heavy atom. The summed E-state index contributed by atoms with van der Waals surface area (Å²) < 4.78 is 18.3. The molecule has 0 unspecified atom stereocenters. The van der Waals surface area contributed by atoms with Crippen molar-refractivity contribution in [1.29, 1.82) is 0 Å². The third-order valence-corrected chi connectivity index (χ3v) is 2.61. The SMILES string of the molecule is OCC=Cc1ccc(OCc2ccc(F)cc2)cc1. The lowest BCUT2D eigenvalue weighted by Crippen LogP contribution is -1.95. The van der Waals surface area contributed by atoms with E-state index >= 15 is 0 Å². The average Bonchev–Trinajstić information content (AvgIpc) is 2.46.